The highest BCUT2D eigenvalue weighted by atomic mass is 19.1. The normalized spacial score (nSPS) is 12.5. The molecule has 0 aliphatic rings. The number of halogens is 1. The Kier molecular flexibility index (Phi) is 9.00. The standard InChI is InChI=1S/C23H27FN2O4/c1-16(27)25-21(15-18-12-6-7-13-19(18)24)22(28)26-20(23(29)30-2)14-8-11-17-9-4-3-5-10-17/h3-7,9-10,12-13,20-21H,8,11,14-15H2,1-2H3,(H,25,27)(H,26,28)/t20-,21-/m0/s1. The van der Waals surface area contributed by atoms with Crippen LogP contribution in [0.5, 0.6) is 0 Å². The molecule has 160 valence electrons. The average Bonchev–Trinajstić information content (AvgIpc) is 2.73. The first kappa shape index (κ1) is 23.1. The molecule has 2 aromatic carbocycles. The summed E-state index contributed by atoms with van der Waals surface area (Å²) >= 11 is 0. The van der Waals surface area contributed by atoms with Crippen molar-refractivity contribution in [2.24, 2.45) is 0 Å². The number of hydrogen-bond donors (Lipinski definition) is 2. The van der Waals surface area contributed by atoms with Crippen molar-refractivity contribution < 1.29 is 23.5 Å². The highest BCUT2D eigenvalue weighted by Crippen LogP contribution is 2.11. The van der Waals surface area contributed by atoms with E-state index < -0.39 is 35.7 Å². The predicted molar refractivity (Wildman–Crippen MR) is 111 cm³/mol. The van der Waals surface area contributed by atoms with Crippen molar-refractivity contribution in [1.82, 2.24) is 10.6 Å². The number of rotatable bonds is 10. The smallest absolute Gasteiger partial charge is 0.328 e. The minimum absolute atomic E-state index is 0.0318. The van der Waals surface area contributed by atoms with Gasteiger partial charge in [0.1, 0.15) is 17.9 Å². The predicted octanol–water partition coefficient (Wildman–Crippen LogP) is 2.55. The summed E-state index contributed by atoms with van der Waals surface area (Å²) in [5.74, 6) is -2.02. The maximum atomic E-state index is 14.0. The number of carbonyl (C=O) groups is 3. The Morgan fingerprint density at radius 1 is 0.967 bits per heavy atom. The van der Waals surface area contributed by atoms with E-state index in [-0.39, 0.29) is 6.42 Å². The molecule has 0 fully saturated rings. The third-order valence-corrected chi connectivity index (χ3v) is 4.68. The van der Waals surface area contributed by atoms with Gasteiger partial charge in [-0.3, -0.25) is 9.59 Å². The fraction of sp³-hybridized carbons (Fsp3) is 0.348. The van der Waals surface area contributed by atoms with Crippen LogP contribution in [-0.4, -0.2) is 37.0 Å². The first-order chi connectivity index (χ1) is 14.4. The molecule has 2 atom stereocenters. The first-order valence-corrected chi connectivity index (χ1v) is 9.83. The van der Waals surface area contributed by atoms with E-state index in [4.69, 9.17) is 4.74 Å². The number of methoxy groups -OCH3 is 1. The maximum absolute atomic E-state index is 14.0. The zero-order valence-electron chi connectivity index (χ0n) is 17.2. The molecule has 0 spiro atoms. The number of esters is 1. The first-order valence-electron chi connectivity index (χ1n) is 9.83. The zero-order chi connectivity index (χ0) is 21.9. The Bertz CT molecular complexity index is 857. The SMILES string of the molecule is COC(=O)[C@H](CCCc1ccccc1)NC(=O)[C@H](Cc1ccccc1F)NC(C)=O. The van der Waals surface area contributed by atoms with E-state index in [1.807, 2.05) is 30.3 Å². The third-order valence-electron chi connectivity index (χ3n) is 4.68. The van der Waals surface area contributed by atoms with Gasteiger partial charge in [0.25, 0.3) is 0 Å². The van der Waals surface area contributed by atoms with Gasteiger partial charge >= 0.3 is 5.97 Å². The van der Waals surface area contributed by atoms with Crippen LogP contribution < -0.4 is 10.6 Å². The molecule has 0 aliphatic heterocycles. The fourth-order valence-corrected chi connectivity index (χ4v) is 3.16. The van der Waals surface area contributed by atoms with Crippen LogP contribution in [-0.2, 0) is 32.0 Å². The zero-order valence-corrected chi connectivity index (χ0v) is 17.2. The second kappa shape index (κ2) is 11.7. The van der Waals surface area contributed by atoms with Gasteiger partial charge in [-0.15, -0.1) is 0 Å². The minimum atomic E-state index is -1.01. The van der Waals surface area contributed by atoms with Crippen LogP contribution in [0.3, 0.4) is 0 Å². The molecule has 0 saturated carbocycles. The molecular weight excluding hydrogens is 387 g/mol. The van der Waals surface area contributed by atoms with Crippen LogP contribution >= 0.6 is 0 Å². The van der Waals surface area contributed by atoms with Crippen LogP contribution in [0.15, 0.2) is 54.6 Å². The number of carbonyl (C=O) groups excluding carboxylic acids is 3. The van der Waals surface area contributed by atoms with Gasteiger partial charge in [-0.05, 0) is 36.5 Å². The van der Waals surface area contributed by atoms with Crippen molar-refractivity contribution in [2.45, 2.75) is 44.7 Å². The van der Waals surface area contributed by atoms with E-state index in [9.17, 15) is 18.8 Å². The molecule has 0 radical (unpaired) electrons. The summed E-state index contributed by atoms with van der Waals surface area (Å²) in [4.78, 5) is 36.5. The number of amides is 2. The van der Waals surface area contributed by atoms with Gasteiger partial charge in [0.2, 0.25) is 11.8 Å². The van der Waals surface area contributed by atoms with Gasteiger partial charge in [-0.2, -0.15) is 0 Å². The number of hydrogen-bond acceptors (Lipinski definition) is 4. The van der Waals surface area contributed by atoms with Crippen LogP contribution in [0.2, 0.25) is 0 Å². The topological polar surface area (TPSA) is 84.5 Å². The minimum Gasteiger partial charge on any atom is -0.467 e. The fourth-order valence-electron chi connectivity index (χ4n) is 3.16. The van der Waals surface area contributed by atoms with Crippen molar-refractivity contribution in [2.75, 3.05) is 7.11 Å². The van der Waals surface area contributed by atoms with Gasteiger partial charge in [-0.1, -0.05) is 48.5 Å². The second-order valence-electron chi connectivity index (χ2n) is 7.01. The molecule has 0 bridgehead atoms. The van der Waals surface area contributed by atoms with Crippen LogP contribution in [0.1, 0.15) is 30.9 Å². The van der Waals surface area contributed by atoms with Crippen molar-refractivity contribution in [3.05, 3.63) is 71.5 Å². The Morgan fingerprint density at radius 2 is 1.63 bits per heavy atom. The second-order valence-corrected chi connectivity index (χ2v) is 7.01. The molecule has 0 saturated heterocycles. The lowest BCUT2D eigenvalue weighted by atomic mass is 10.0. The van der Waals surface area contributed by atoms with Crippen molar-refractivity contribution in [3.63, 3.8) is 0 Å². The van der Waals surface area contributed by atoms with Crippen LogP contribution in [0, 0.1) is 5.82 Å². The Morgan fingerprint density at radius 3 is 2.27 bits per heavy atom. The molecule has 0 heterocycles. The van der Waals surface area contributed by atoms with Crippen molar-refractivity contribution in [3.8, 4) is 0 Å². The average molecular weight is 414 g/mol. The lowest BCUT2D eigenvalue weighted by Crippen LogP contribution is -2.52. The summed E-state index contributed by atoms with van der Waals surface area (Å²) in [6.07, 6.45) is 1.74. The quantitative estimate of drug-likeness (QED) is 0.585. The molecule has 7 heteroatoms. The summed E-state index contributed by atoms with van der Waals surface area (Å²) < 4.78 is 18.8. The highest BCUT2D eigenvalue weighted by molar-refractivity contribution is 5.90. The van der Waals surface area contributed by atoms with E-state index >= 15 is 0 Å². The largest absolute Gasteiger partial charge is 0.467 e. The number of benzene rings is 2. The van der Waals surface area contributed by atoms with E-state index in [0.29, 0.717) is 18.4 Å². The van der Waals surface area contributed by atoms with E-state index in [1.165, 1.54) is 20.1 Å². The molecule has 0 unspecified atom stereocenters. The van der Waals surface area contributed by atoms with Gasteiger partial charge in [0, 0.05) is 13.3 Å². The van der Waals surface area contributed by atoms with Gasteiger partial charge in [-0.25, -0.2) is 9.18 Å². The summed E-state index contributed by atoms with van der Waals surface area (Å²) in [7, 11) is 1.25. The van der Waals surface area contributed by atoms with E-state index in [0.717, 1.165) is 12.0 Å². The summed E-state index contributed by atoms with van der Waals surface area (Å²) in [6.45, 7) is 1.28. The van der Waals surface area contributed by atoms with Crippen molar-refractivity contribution >= 4 is 17.8 Å². The molecule has 6 nitrogen and oxygen atoms in total. The van der Waals surface area contributed by atoms with Crippen LogP contribution in [0.4, 0.5) is 4.39 Å². The molecule has 2 amide bonds. The van der Waals surface area contributed by atoms with Crippen LogP contribution in [0.25, 0.3) is 0 Å². The monoisotopic (exact) mass is 414 g/mol. The maximum Gasteiger partial charge on any atom is 0.328 e. The van der Waals surface area contributed by atoms with Gasteiger partial charge in [0.15, 0.2) is 0 Å². The van der Waals surface area contributed by atoms with E-state index in [1.54, 1.807) is 18.2 Å². The third kappa shape index (κ3) is 7.31. The lowest BCUT2D eigenvalue weighted by molar-refractivity contribution is -0.145. The molecule has 0 aromatic heterocycles. The Balaban J connectivity index is 2.04. The van der Waals surface area contributed by atoms with Crippen molar-refractivity contribution in [1.29, 1.82) is 0 Å². The molecule has 2 aromatic rings. The van der Waals surface area contributed by atoms with E-state index in [2.05, 4.69) is 10.6 Å². The number of aryl methyl sites for hydroxylation is 1. The molecular formula is C23H27FN2O4. The summed E-state index contributed by atoms with van der Waals surface area (Å²) in [6, 6.07) is 14.0. The number of nitrogens with one attached hydrogen (secondary N) is 2. The molecule has 0 aliphatic carbocycles. The highest BCUT2D eigenvalue weighted by Gasteiger charge is 2.27. The Hall–Kier alpha value is -3.22. The Labute approximate surface area is 175 Å². The summed E-state index contributed by atoms with van der Waals surface area (Å²) in [5.41, 5.74) is 1.42. The molecule has 30 heavy (non-hydrogen) atoms. The molecule has 2 rings (SSSR count). The summed E-state index contributed by atoms with van der Waals surface area (Å²) in [5, 5.41) is 5.18. The lowest BCUT2D eigenvalue weighted by Gasteiger charge is -2.22. The number of ether oxygens (including phenoxy) is 1. The van der Waals surface area contributed by atoms with Gasteiger partial charge in [0.05, 0.1) is 7.11 Å². The molecule has 2 N–H and O–H groups in total. The van der Waals surface area contributed by atoms with Gasteiger partial charge < -0.3 is 15.4 Å².